The van der Waals surface area contributed by atoms with Gasteiger partial charge >= 0.3 is 6.36 Å². The highest BCUT2D eigenvalue weighted by molar-refractivity contribution is 7.22. The lowest BCUT2D eigenvalue weighted by atomic mass is 10.3. The van der Waals surface area contributed by atoms with Crippen LogP contribution in [0.5, 0.6) is 5.75 Å². The molecule has 1 aromatic heterocycles. The van der Waals surface area contributed by atoms with E-state index in [0.29, 0.717) is 10.2 Å². The van der Waals surface area contributed by atoms with E-state index in [0.717, 1.165) is 5.13 Å². The first-order chi connectivity index (χ1) is 8.62. The Morgan fingerprint density at radius 1 is 1.26 bits per heavy atom. The van der Waals surface area contributed by atoms with Gasteiger partial charge in [0, 0.05) is 6.07 Å². The second kappa shape index (κ2) is 4.68. The number of hydrogen-bond donors (Lipinski definition) is 1. The number of nitrogens with zero attached hydrogens (tertiary/aromatic N) is 1. The van der Waals surface area contributed by atoms with Crippen molar-refractivity contribution < 1.29 is 17.9 Å². The number of rotatable bonds is 3. The number of hydrogen-bond acceptors (Lipinski definition) is 4. The zero-order chi connectivity index (χ0) is 14.3. The van der Waals surface area contributed by atoms with Crippen molar-refractivity contribution in [1.29, 1.82) is 0 Å². The predicted molar refractivity (Wildman–Crippen MR) is 73.3 cm³/mol. The number of anilines is 1. The molecule has 2 rings (SSSR count). The van der Waals surface area contributed by atoms with Gasteiger partial charge in [0.05, 0.1) is 10.2 Å². The Balaban J connectivity index is 2.28. The van der Waals surface area contributed by atoms with Crippen LogP contribution in [0.3, 0.4) is 0 Å². The molecule has 0 fully saturated rings. The molecular formula is C11H13F3N2OSSi. The highest BCUT2D eigenvalue weighted by Crippen LogP contribution is 2.32. The minimum absolute atomic E-state index is 0.219. The van der Waals surface area contributed by atoms with Crippen LogP contribution in [-0.2, 0) is 0 Å². The SMILES string of the molecule is C[Si](C)(C)Nc1nc2ccc(OC(F)(F)F)cc2s1. The standard InChI is InChI=1S/C11H13F3N2OSSi/c1-19(2,3)16-10-15-8-5-4-7(6-9(8)18-10)17-11(12,13)14/h4-6H,1-3H3,(H,15,16). The van der Waals surface area contributed by atoms with Crippen LogP contribution in [0.25, 0.3) is 10.2 Å². The van der Waals surface area contributed by atoms with Gasteiger partial charge in [0.15, 0.2) is 5.13 Å². The Morgan fingerprint density at radius 3 is 2.53 bits per heavy atom. The van der Waals surface area contributed by atoms with Gasteiger partial charge in [-0.3, -0.25) is 0 Å². The number of alkyl halides is 3. The predicted octanol–water partition coefficient (Wildman–Crippen LogP) is 4.44. The van der Waals surface area contributed by atoms with Crippen LogP contribution in [0.4, 0.5) is 18.3 Å². The highest BCUT2D eigenvalue weighted by Gasteiger charge is 2.31. The van der Waals surface area contributed by atoms with E-state index in [-0.39, 0.29) is 5.75 Å². The van der Waals surface area contributed by atoms with E-state index in [1.54, 1.807) is 0 Å². The summed E-state index contributed by atoms with van der Waals surface area (Å²) in [7, 11) is -1.53. The summed E-state index contributed by atoms with van der Waals surface area (Å²) in [6.45, 7) is 6.37. The summed E-state index contributed by atoms with van der Waals surface area (Å²) in [6.07, 6.45) is -4.67. The average molecular weight is 306 g/mol. The Hall–Kier alpha value is -1.28. The van der Waals surface area contributed by atoms with Crippen molar-refractivity contribution in [3.8, 4) is 5.75 Å². The summed E-state index contributed by atoms with van der Waals surface area (Å²) in [5, 5.41) is 0.735. The minimum Gasteiger partial charge on any atom is -0.406 e. The summed E-state index contributed by atoms with van der Waals surface area (Å²) >= 11 is 1.33. The Labute approximate surface area is 113 Å². The molecule has 0 spiro atoms. The number of ether oxygens (including phenoxy) is 1. The van der Waals surface area contributed by atoms with Crippen molar-refractivity contribution in [2.24, 2.45) is 0 Å². The molecule has 2 aromatic rings. The van der Waals surface area contributed by atoms with Crippen LogP contribution in [0.1, 0.15) is 0 Å². The molecule has 0 saturated carbocycles. The normalized spacial score (nSPS) is 12.7. The van der Waals surface area contributed by atoms with Crippen molar-refractivity contribution in [3.63, 3.8) is 0 Å². The number of fused-ring (bicyclic) bond motifs is 1. The second-order valence-corrected chi connectivity index (χ2v) is 10.9. The maximum atomic E-state index is 12.1. The molecule has 3 nitrogen and oxygen atoms in total. The third-order valence-electron chi connectivity index (χ3n) is 2.08. The second-order valence-electron chi connectivity index (χ2n) is 5.07. The number of halogens is 3. The Kier molecular flexibility index (Phi) is 3.48. The smallest absolute Gasteiger partial charge is 0.406 e. The molecule has 104 valence electrons. The van der Waals surface area contributed by atoms with E-state index in [4.69, 9.17) is 0 Å². The van der Waals surface area contributed by atoms with E-state index in [1.807, 2.05) is 0 Å². The van der Waals surface area contributed by atoms with Gasteiger partial charge in [0.2, 0.25) is 0 Å². The molecule has 1 heterocycles. The summed E-state index contributed by atoms with van der Waals surface area (Å²) < 4.78 is 40.9. The zero-order valence-corrected chi connectivity index (χ0v) is 12.4. The van der Waals surface area contributed by atoms with Crippen molar-refractivity contribution in [2.75, 3.05) is 4.98 Å². The first-order valence-corrected chi connectivity index (χ1v) is 9.89. The third-order valence-corrected chi connectivity index (χ3v) is 4.18. The van der Waals surface area contributed by atoms with Crippen molar-refractivity contribution in [3.05, 3.63) is 18.2 Å². The van der Waals surface area contributed by atoms with Crippen LogP contribution in [0.2, 0.25) is 19.6 Å². The van der Waals surface area contributed by atoms with Gasteiger partial charge in [-0.05, 0) is 12.1 Å². The zero-order valence-electron chi connectivity index (χ0n) is 10.6. The van der Waals surface area contributed by atoms with Gasteiger partial charge in [-0.15, -0.1) is 13.2 Å². The van der Waals surface area contributed by atoms with E-state index >= 15 is 0 Å². The molecule has 0 radical (unpaired) electrons. The van der Waals surface area contributed by atoms with Crippen molar-refractivity contribution in [1.82, 2.24) is 4.98 Å². The van der Waals surface area contributed by atoms with Gasteiger partial charge in [-0.1, -0.05) is 31.0 Å². The van der Waals surface area contributed by atoms with E-state index in [9.17, 15) is 13.2 Å². The highest BCUT2D eigenvalue weighted by atomic mass is 32.1. The average Bonchev–Trinajstić information content (AvgIpc) is 2.53. The molecule has 0 aliphatic rings. The summed E-state index contributed by atoms with van der Waals surface area (Å²) in [4.78, 5) is 7.66. The molecular weight excluding hydrogens is 293 g/mol. The summed E-state index contributed by atoms with van der Waals surface area (Å²) in [5.74, 6) is -0.219. The fourth-order valence-corrected chi connectivity index (χ4v) is 4.04. The lowest BCUT2D eigenvalue weighted by Gasteiger charge is -2.16. The Morgan fingerprint density at radius 2 is 1.95 bits per heavy atom. The molecule has 0 aliphatic carbocycles. The summed E-state index contributed by atoms with van der Waals surface area (Å²) in [6, 6.07) is 4.16. The van der Waals surface area contributed by atoms with E-state index in [1.165, 1.54) is 29.5 Å². The van der Waals surface area contributed by atoms with Crippen LogP contribution in [-0.4, -0.2) is 19.6 Å². The fraction of sp³-hybridized carbons (Fsp3) is 0.364. The molecule has 19 heavy (non-hydrogen) atoms. The first kappa shape index (κ1) is 14.1. The molecule has 0 unspecified atom stereocenters. The van der Waals surface area contributed by atoms with E-state index < -0.39 is 14.6 Å². The number of aromatic nitrogens is 1. The quantitative estimate of drug-likeness (QED) is 0.851. The topological polar surface area (TPSA) is 34.2 Å². The van der Waals surface area contributed by atoms with Gasteiger partial charge in [-0.25, -0.2) is 4.98 Å². The molecule has 0 saturated heterocycles. The largest absolute Gasteiger partial charge is 0.573 e. The van der Waals surface area contributed by atoms with E-state index in [2.05, 4.69) is 34.3 Å². The lowest BCUT2D eigenvalue weighted by molar-refractivity contribution is -0.274. The molecule has 0 bridgehead atoms. The van der Waals surface area contributed by atoms with Crippen LogP contribution in [0.15, 0.2) is 18.2 Å². The maximum absolute atomic E-state index is 12.1. The van der Waals surface area contributed by atoms with Gasteiger partial charge in [0.1, 0.15) is 14.0 Å². The molecule has 1 N–H and O–H groups in total. The van der Waals surface area contributed by atoms with Crippen LogP contribution < -0.4 is 9.72 Å². The molecule has 0 amide bonds. The summed E-state index contributed by atoms with van der Waals surface area (Å²) in [5.41, 5.74) is 0.667. The number of benzene rings is 1. The molecule has 0 aliphatic heterocycles. The first-order valence-electron chi connectivity index (χ1n) is 5.57. The van der Waals surface area contributed by atoms with Gasteiger partial charge in [0.25, 0.3) is 0 Å². The molecule has 0 atom stereocenters. The Bertz CT molecular complexity index is 578. The van der Waals surface area contributed by atoms with Crippen molar-refractivity contribution in [2.45, 2.75) is 26.0 Å². The van der Waals surface area contributed by atoms with Crippen molar-refractivity contribution >= 4 is 34.9 Å². The van der Waals surface area contributed by atoms with Crippen LogP contribution >= 0.6 is 11.3 Å². The number of thiazole rings is 1. The minimum atomic E-state index is -4.67. The fourth-order valence-electron chi connectivity index (χ4n) is 1.48. The third kappa shape index (κ3) is 4.10. The maximum Gasteiger partial charge on any atom is 0.573 e. The lowest BCUT2D eigenvalue weighted by Crippen LogP contribution is -2.31. The molecule has 8 heteroatoms. The van der Waals surface area contributed by atoms with Gasteiger partial charge < -0.3 is 9.72 Å². The van der Waals surface area contributed by atoms with Crippen LogP contribution in [0, 0.1) is 0 Å². The number of nitrogens with one attached hydrogen (secondary N) is 1. The molecule has 1 aromatic carbocycles. The monoisotopic (exact) mass is 306 g/mol. The van der Waals surface area contributed by atoms with Gasteiger partial charge in [-0.2, -0.15) is 0 Å².